The zero-order chi connectivity index (χ0) is 18.9. The fraction of sp³-hybridized carbons (Fsp3) is 0.409. The van der Waals surface area contributed by atoms with E-state index >= 15 is 0 Å². The number of hydrogen-bond acceptors (Lipinski definition) is 3. The van der Waals surface area contributed by atoms with E-state index in [1.807, 2.05) is 6.92 Å². The van der Waals surface area contributed by atoms with Crippen molar-refractivity contribution in [3.63, 3.8) is 0 Å². The van der Waals surface area contributed by atoms with Crippen molar-refractivity contribution in [3.8, 4) is 11.5 Å². The van der Waals surface area contributed by atoms with Gasteiger partial charge in [-0.05, 0) is 67.5 Å². The van der Waals surface area contributed by atoms with Crippen molar-refractivity contribution in [1.82, 2.24) is 5.32 Å². The number of amides is 1. The molecule has 0 aromatic heterocycles. The lowest BCUT2D eigenvalue weighted by Crippen LogP contribution is -2.26. The largest absolute Gasteiger partial charge is 0.504 e. The van der Waals surface area contributed by atoms with Gasteiger partial charge >= 0.3 is 0 Å². The van der Waals surface area contributed by atoms with Crippen LogP contribution in [0, 0.1) is 13.8 Å². The molecule has 2 N–H and O–H groups in total. The lowest BCUT2D eigenvalue weighted by molar-refractivity contribution is -0.120. The summed E-state index contributed by atoms with van der Waals surface area (Å²) in [5.41, 5.74) is 4.75. The Morgan fingerprint density at radius 2 is 1.85 bits per heavy atom. The molecular formula is C22H29NO3. The Labute approximate surface area is 156 Å². The number of aryl methyl sites for hydroxylation is 3. The minimum absolute atomic E-state index is 0.0165. The van der Waals surface area contributed by atoms with Crippen molar-refractivity contribution in [2.24, 2.45) is 0 Å². The van der Waals surface area contributed by atoms with Gasteiger partial charge in [-0.25, -0.2) is 0 Å². The van der Waals surface area contributed by atoms with Crippen LogP contribution in [0.25, 0.3) is 0 Å². The van der Waals surface area contributed by atoms with Gasteiger partial charge < -0.3 is 15.2 Å². The molecule has 2 aromatic carbocycles. The second kappa shape index (κ2) is 9.85. The standard InChI is InChI=1S/C22H29NO3/c1-4-12-26-21-14-19(9-10-20(21)24)15-22(25)23-11-5-6-18-8-7-16(2)17(3)13-18/h7-10,13-14,24H,4-6,11-12,15H2,1-3H3,(H,23,25). The molecule has 1 amide bonds. The number of phenols is 1. The van der Waals surface area contributed by atoms with Gasteiger partial charge in [0.1, 0.15) is 0 Å². The minimum atomic E-state index is -0.0165. The maximum Gasteiger partial charge on any atom is 0.224 e. The van der Waals surface area contributed by atoms with Gasteiger partial charge in [0.15, 0.2) is 11.5 Å². The molecule has 0 aliphatic rings. The van der Waals surface area contributed by atoms with Crippen LogP contribution in [0.15, 0.2) is 36.4 Å². The summed E-state index contributed by atoms with van der Waals surface area (Å²) in [6.07, 6.45) is 3.02. The molecule has 0 unspecified atom stereocenters. The van der Waals surface area contributed by atoms with Gasteiger partial charge in [0.2, 0.25) is 5.91 Å². The molecule has 0 aliphatic carbocycles. The van der Waals surface area contributed by atoms with Crippen LogP contribution in [0.3, 0.4) is 0 Å². The number of carbonyl (C=O) groups excluding carboxylic acids is 1. The molecule has 2 aromatic rings. The van der Waals surface area contributed by atoms with E-state index in [0.29, 0.717) is 18.9 Å². The predicted molar refractivity (Wildman–Crippen MR) is 105 cm³/mol. The van der Waals surface area contributed by atoms with Crippen molar-refractivity contribution >= 4 is 5.91 Å². The van der Waals surface area contributed by atoms with Crippen LogP contribution in [-0.2, 0) is 17.6 Å². The van der Waals surface area contributed by atoms with Crippen LogP contribution in [0.4, 0.5) is 0 Å². The lowest BCUT2D eigenvalue weighted by atomic mass is 10.0. The van der Waals surface area contributed by atoms with Crippen LogP contribution < -0.4 is 10.1 Å². The Balaban J connectivity index is 1.77. The highest BCUT2D eigenvalue weighted by molar-refractivity contribution is 5.78. The smallest absolute Gasteiger partial charge is 0.224 e. The van der Waals surface area contributed by atoms with Gasteiger partial charge in [0.05, 0.1) is 13.0 Å². The van der Waals surface area contributed by atoms with Gasteiger partial charge in [-0.15, -0.1) is 0 Å². The average molecular weight is 355 g/mol. The number of hydrogen-bond donors (Lipinski definition) is 2. The van der Waals surface area contributed by atoms with Crippen LogP contribution in [0.1, 0.15) is 42.0 Å². The molecule has 0 fully saturated rings. The molecule has 0 saturated carbocycles. The van der Waals surface area contributed by atoms with E-state index < -0.39 is 0 Å². The van der Waals surface area contributed by atoms with E-state index in [1.54, 1.807) is 18.2 Å². The maximum atomic E-state index is 12.1. The molecule has 4 nitrogen and oxygen atoms in total. The Kier molecular flexibility index (Phi) is 7.52. The Morgan fingerprint density at radius 3 is 2.58 bits per heavy atom. The summed E-state index contributed by atoms with van der Waals surface area (Å²) in [5.74, 6) is 0.528. The first-order valence-electron chi connectivity index (χ1n) is 9.27. The molecule has 26 heavy (non-hydrogen) atoms. The van der Waals surface area contributed by atoms with Gasteiger partial charge in [-0.2, -0.15) is 0 Å². The average Bonchev–Trinajstić information content (AvgIpc) is 2.62. The van der Waals surface area contributed by atoms with Gasteiger partial charge in [0.25, 0.3) is 0 Å². The van der Waals surface area contributed by atoms with Gasteiger partial charge in [-0.1, -0.05) is 31.2 Å². The maximum absolute atomic E-state index is 12.1. The molecule has 0 saturated heterocycles. The summed E-state index contributed by atoms with van der Waals surface area (Å²) in [6.45, 7) is 7.44. The van der Waals surface area contributed by atoms with Crippen LogP contribution in [-0.4, -0.2) is 24.2 Å². The fourth-order valence-electron chi connectivity index (χ4n) is 2.72. The number of ether oxygens (including phenoxy) is 1. The highest BCUT2D eigenvalue weighted by Crippen LogP contribution is 2.27. The predicted octanol–water partition coefficient (Wildman–Crippen LogP) is 4.09. The number of rotatable bonds is 9. The zero-order valence-electron chi connectivity index (χ0n) is 16.0. The third kappa shape index (κ3) is 6.10. The highest BCUT2D eigenvalue weighted by Gasteiger charge is 2.08. The van der Waals surface area contributed by atoms with Crippen molar-refractivity contribution in [1.29, 1.82) is 0 Å². The van der Waals surface area contributed by atoms with E-state index in [0.717, 1.165) is 24.8 Å². The molecule has 0 atom stereocenters. The second-order valence-electron chi connectivity index (χ2n) is 6.70. The Morgan fingerprint density at radius 1 is 1.08 bits per heavy atom. The van der Waals surface area contributed by atoms with E-state index in [2.05, 4.69) is 37.4 Å². The van der Waals surface area contributed by atoms with Crippen LogP contribution >= 0.6 is 0 Å². The number of benzene rings is 2. The Bertz CT molecular complexity index is 740. The molecule has 2 rings (SSSR count). The first-order valence-corrected chi connectivity index (χ1v) is 9.27. The molecular weight excluding hydrogens is 326 g/mol. The lowest BCUT2D eigenvalue weighted by Gasteiger charge is -2.10. The molecule has 140 valence electrons. The quantitative estimate of drug-likeness (QED) is 0.666. The van der Waals surface area contributed by atoms with Crippen molar-refractivity contribution < 1.29 is 14.6 Å². The monoisotopic (exact) mass is 355 g/mol. The van der Waals surface area contributed by atoms with Crippen molar-refractivity contribution in [2.45, 2.75) is 46.5 Å². The van der Waals surface area contributed by atoms with E-state index in [-0.39, 0.29) is 18.1 Å². The van der Waals surface area contributed by atoms with Crippen LogP contribution in [0.5, 0.6) is 11.5 Å². The zero-order valence-corrected chi connectivity index (χ0v) is 16.0. The number of phenolic OH excluding ortho intramolecular Hbond substituents is 1. The third-order valence-electron chi connectivity index (χ3n) is 4.39. The summed E-state index contributed by atoms with van der Waals surface area (Å²) in [4.78, 5) is 12.1. The minimum Gasteiger partial charge on any atom is -0.504 e. The van der Waals surface area contributed by atoms with E-state index in [1.165, 1.54) is 16.7 Å². The third-order valence-corrected chi connectivity index (χ3v) is 4.39. The molecule has 4 heteroatoms. The first kappa shape index (κ1) is 19.8. The Hall–Kier alpha value is -2.49. The van der Waals surface area contributed by atoms with Crippen LogP contribution in [0.2, 0.25) is 0 Å². The fourth-order valence-corrected chi connectivity index (χ4v) is 2.72. The highest BCUT2D eigenvalue weighted by atomic mass is 16.5. The van der Waals surface area contributed by atoms with Gasteiger partial charge in [0, 0.05) is 6.54 Å². The molecule has 0 bridgehead atoms. The first-order chi connectivity index (χ1) is 12.5. The summed E-state index contributed by atoms with van der Waals surface area (Å²) in [7, 11) is 0. The summed E-state index contributed by atoms with van der Waals surface area (Å²) < 4.78 is 5.49. The number of carbonyl (C=O) groups is 1. The molecule has 0 spiro atoms. The summed E-state index contributed by atoms with van der Waals surface area (Å²) >= 11 is 0. The SMILES string of the molecule is CCCOc1cc(CC(=O)NCCCc2ccc(C)c(C)c2)ccc1O. The molecule has 0 heterocycles. The number of nitrogens with one attached hydrogen (secondary N) is 1. The van der Waals surface area contributed by atoms with E-state index in [9.17, 15) is 9.90 Å². The number of aromatic hydroxyl groups is 1. The molecule has 0 radical (unpaired) electrons. The normalized spacial score (nSPS) is 10.6. The molecule has 0 aliphatic heterocycles. The second-order valence-corrected chi connectivity index (χ2v) is 6.70. The van der Waals surface area contributed by atoms with Crippen molar-refractivity contribution in [2.75, 3.05) is 13.2 Å². The van der Waals surface area contributed by atoms with Gasteiger partial charge in [-0.3, -0.25) is 4.79 Å². The summed E-state index contributed by atoms with van der Waals surface area (Å²) in [5, 5.41) is 12.8. The van der Waals surface area contributed by atoms with E-state index in [4.69, 9.17) is 4.74 Å². The topological polar surface area (TPSA) is 58.6 Å². The van der Waals surface area contributed by atoms with Crippen molar-refractivity contribution in [3.05, 3.63) is 58.7 Å². The summed E-state index contributed by atoms with van der Waals surface area (Å²) in [6, 6.07) is 11.6.